The molecule has 2 aromatic rings. The molecule has 6 nitrogen and oxygen atoms in total. The number of ether oxygens (including phenoxy) is 1. The van der Waals surface area contributed by atoms with Crippen molar-refractivity contribution in [1.82, 2.24) is 14.9 Å². The van der Waals surface area contributed by atoms with Crippen LogP contribution in [0.4, 0.5) is 11.5 Å². The molecule has 0 spiro atoms. The maximum absolute atomic E-state index is 12.6. The normalized spacial score (nSPS) is 10.7. The van der Waals surface area contributed by atoms with Crippen molar-refractivity contribution in [2.75, 3.05) is 18.9 Å². The highest BCUT2D eigenvalue weighted by Crippen LogP contribution is 2.27. The summed E-state index contributed by atoms with van der Waals surface area (Å²) in [4.78, 5) is 23.0. The van der Waals surface area contributed by atoms with Gasteiger partial charge in [0.25, 0.3) is 5.91 Å². The van der Waals surface area contributed by atoms with E-state index in [0.29, 0.717) is 23.9 Å². The predicted octanol–water partition coefficient (Wildman–Crippen LogP) is 4.19. The van der Waals surface area contributed by atoms with Gasteiger partial charge >= 0.3 is 0 Å². The highest BCUT2D eigenvalue weighted by atomic mass is 16.5. The number of unbranched alkanes of at least 4 members (excludes halogenated alkanes) is 1. The molecule has 0 unspecified atom stereocenters. The van der Waals surface area contributed by atoms with E-state index in [4.69, 9.17) is 4.74 Å². The molecule has 1 N–H and O–H groups in total. The van der Waals surface area contributed by atoms with Gasteiger partial charge in [0, 0.05) is 19.7 Å². The smallest absolute Gasteiger partial charge is 0.272 e. The van der Waals surface area contributed by atoms with Gasteiger partial charge in [0.05, 0.1) is 11.8 Å². The van der Waals surface area contributed by atoms with E-state index in [0.717, 1.165) is 24.3 Å². The number of rotatable bonds is 8. The van der Waals surface area contributed by atoms with E-state index in [1.807, 2.05) is 38.1 Å². The first-order chi connectivity index (χ1) is 12.4. The third-order valence-electron chi connectivity index (χ3n) is 3.76. The molecule has 0 radical (unpaired) electrons. The summed E-state index contributed by atoms with van der Waals surface area (Å²) < 4.78 is 5.83. The highest BCUT2D eigenvalue weighted by molar-refractivity contribution is 5.93. The Balaban J connectivity index is 2.24. The Labute approximate surface area is 155 Å². The molecule has 1 aromatic heterocycles. The first-order valence-electron chi connectivity index (χ1n) is 9.04. The number of anilines is 2. The van der Waals surface area contributed by atoms with Gasteiger partial charge in [-0.1, -0.05) is 25.5 Å². The van der Waals surface area contributed by atoms with Crippen LogP contribution in [0.25, 0.3) is 0 Å². The third kappa shape index (κ3) is 5.44. The zero-order valence-electron chi connectivity index (χ0n) is 16.2. The van der Waals surface area contributed by atoms with E-state index in [-0.39, 0.29) is 12.0 Å². The SMILES string of the molecule is CCCCN(C)C(=O)c1cc(Nc2ccccc2OC(C)C)nc(C)n1. The van der Waals surface area contributed by atoms with Crippen LogP contribution in [0.3, 0.4) is 0 Å². The van der Waals surface area contributed by atoms with Crippen LogP contribution >= 0.6 is 0 Å². The summed E-state index contributed by atoms with van der Waals surface area (Å²) in [5, 5.41) is 3.25. The molecule has 2 rings (SSSR count). The fourth-order valence-electron chi connectivity index (χ4n) is 2.50. The summed E-state index contributed by atoms with van der Waals surface area (Å²) in [5.41, 5.74) is 1.19. The molecule has 140 valence electrons. The molecule has 26 heavy (non-hydrogen) atoms. The van der Waals surface area contributed by atoms with Crippen molar-refractivity contribution in [1.29, 1.82) is 0 Å². The summed E-state index contributed by atoms with van der Waals surface area (Å²) in [6.07, 6.45) is 2.08. The van der Waals surface area contributed by atoms with Gasteiger partial charge in [-0.25, -0.2) is 9.97 Å². The van der Waals surface area contributed by atoms with E-state index in [1.54, 1.807) is 24.9 Å². The second-order valence-corrected chi connectivity index (χ2v) is 6.55. The first kappa shape index (κ1) is 19.7. The van der Waals surface area contributed by atoms with Crippen molar-refractivity contribution in [3.05, 3.63) is 41.9 Å². The first-order valence-corrected chi connectivity index (χ1v) is 9.04. The Hall–Kier alpha value is -2.63. The molecule has 1 amide bonds. The summed E-state index contributed by atoms with van der Waals surface area (Å²) >= 11 is 0. The van der Waals surface area contributed by atoms with Crippen LogP contribution in [0, 0.1) is 6.92 Å². The highest BCUT2D eigenvalue weighted by Gasteiger charge is 2.15. The maximum atomic E-state index is 12.6. The van der Waals surface area contributed by atoms with Crippen molar-refractivity contribution < 1.29 is 9.53 Å². The number of aryl methyl sites for hydroxylation is 1. The summed E-state index contributed by atoms with van der Waals surface area (Å²) in [6, 6.07) is 9.36. The Bertz CT molecular complexity index is 746. The van der Waals surface area contributed by atoms with E-state index in [2.05, 4.69) is 22.2 Å². The van der Waals surface area contributed by atoms with Crippen molar-refractivity contribution in [3.63, 3.8) is 0 Å². The summed E-state index contributed by atoms with van der Waals surface area (Å²) in [5.74, 6) is 1.76. The van der Waals surface area contributed by atoms with Gasteiger partial charge in [0.1, 0.15) is 23.1 Å². The fraction of sp³-hybridized carbons (Fsp3) is 0.450. The summed E-state index contributed by atoms with van der Waals surface area (Å²) in [7, 11) is 1.80. The molecule has 0 saturated carbocycles. The number of para-hydroxylation sites is 2. The van der Waals surface area contributed by atoms with Gasteiger partial charge < -0.3 is 15.0 Å². The predicted molar refractivity (Wildman–Crippen MR) is 104 cm³/mol. The largest absolute Gasteiger partial charge is 0.489 e. The second kappa shape index (κ2) is 9.17. The number of carbonyl (C=O) groups is 1. The Morgan fingerprint density at radius 3 is 2.69 bits per heavy atom. The average molecular weight is 356 g/mol. The van der Waals surface area contributed by atoms with Crippen LogP contribution < -0.4 is 10.1 Å². The third-order valence-corrected chi connectivity index (χ3v) is 3.76. The van der Waals surface area contributed by atoms with E-state index in [9.17, 15) is 4.79 Å². The molecular weight excluding hydrogens is 328 g/mol. The molecule has 1 heterocycles. The summed E-state index contributed by atoms with van der Waals surface area (Å²) in [6.45, 7) is 8.56. The van der Waals surface area contributed by atoms with Crippen LogP contribution in [-0.2, 0) is 0 Å². The molecule has 0 atom stereocenters. The zero-order valence-corrected chi connectivity index (χ0v) is 16.2. The minimum absolute atomic E-state index is 0.0643. The second-order valence-electron chi connectivity index (χ2n) is 6.55. The Kier molecular flexibility index (Phi) is 6.95. The van der Waals surface area contributed by atoms with Gasteiger partial charge in [-0.2, -0.15) is 0 Å². The fourth-order valence-corrected chi connectivity index (χ4v) is 2.50. The Morgan fingerprint density at radius 1 is 1.27 bits per heavy atom. The van der Waals surface area contributed by atoms with E-state index < -0.39 is 0 Å². The topological polar surface area (TPSA) is 67.4 Å². The lowest BCUT2D eigenvalue weighted by molar-refractivity contribution is 0.0787. The number of amides is 1. The number of hydrogen-bond acceptors (Lipinski definition) is 5. The number of aromatic nitrogens is 2. The molecular formula is C20H28N4O2. The van der Waals surface area contributed by atoms with Crippen molar-refractivity contribution in [2.45, 2.75) is 46.6 Å². The lowest BCUT2D eigenvalue weighted by atomic mass is 10.2. The zero-order chi connectivity index (χ0) is 19.1. The van der Waals surface area contributed by atoms with E-state index >= 15 is 0 Å². The molecule has 0 fully saturated rings. The van der Waals surface area contributed by atoms with Gasteiger partial charge in [-0.3, -0.25) is 4.79 Å². The molecule has 0 aliphatic heterocycles. The lowest BCUT2D eigenvalue weighted by Crippen LogP contribution is -2.28. The van der Waals surface area contributed by atoms with Crippen LogP contribution in [-0.4, -0.2) is 40.5 Å². The van der Waals surface area contributed by atoms with Crippen LogP contribution in [0.2, 0.25) is 0 Å². The maximum Gasteiger partial charge on any atom is 0.272 e. The van der Waals surface area contributed by atoms with Crippen LogP contribution in [0.1, 0.15) is 49.9 Å². The molecule has 0 aliphatic rings. The molecule has 0 bridgehead atoms. The molecule has 0 saturated heterocycles. The monoisotopic (exact) mass is 356 g/mol. The van der Waals surface area contributed by atoms with Crippen molar-refractivity contribution in [3.8, 4) is 5.75 Å². The average Bonchev–Trinajstić information content (AvgIpc) is 2.59. The van der Waals surface area contributed by atoms with Crippen molar-refractivity contribution >= 4 is 17.4 Å². The van der Waals surface area contributed by atoms with Gasteiger partial charge in [-0.15, -0.1) is 0 Å². The van der Waals surface area contributed by atoms with E-state index in [1.165, 1.54) is 0 Å². The molecule has 6 heteroatoms. The standard InChI is InChI=1S/C20H28N4O2/c1-6-7-12-24(5)20(25)17-13-19(22-15(4)21-17)23-16-10-8-9-11-18(16)26-14(2)3/h8-11,13-14H,6-7,12H2,1-5H3,(H,21,22,23). The number of nitrogens with zero attached hydrogens (tertiary/aromatic N) is 3. The number of benzene rings is 1. The number of carbonyl (C=O) groups excluding carboxylic acids is 1. The van der Waals surface area contributed by atoms with Crippen LogP contribution in [0.15, 0.2) is 30.3 Å². The lowest BCUT2D eigenvalue weighted by Gasteiger charge is -2.18. The minimum atomic E-state index is -0.0984. The molecule has 0 aliphatic carbocycles. The van der Waals surface area contributed by atoms with Gasteiger partial charge in [0.15, 0.2) is 0 Å². The van der Waals surface area contributed by atoms with Gasteiger partial charge in [-0.05, 0) is 39.3 Å². The molecule has 1 aromatic carbocycles. The van der Waals surface area contributed by atoms with Gasteiger partial charge in [0.2, 0.25) is 0 Å². The van der Waals surface area contributed by atoms with Crippen molar-refractivity contribution in [2.24, 2.45) is 0 Å². The Morgan fingerprint density at radius 2 is 2.00 bits per heavy atom. The van der Waals surface area contributed by atoms with Crippen LogP contribution in [0.5, 0.6) is 5.75 Å². The minimum Gasteiger partial charge on any atom is -0.489 e. The quantitative estimate of drug-likeness (QED) is 0.768. The number of hydrogen-bond donors (Lipinski definition) is 1. The number of nitrogens with one attached hydrogen (secondary N) is 1.